The first-order valence-electron chi connectivity index (χ1n) is 6.25. The molecule has 1 aliphatic rings. The average molecular weight is 281 g/mol. The summed E-state index contributed by atoms with van der Waals surface area (Å²) in [6, 6.07) is 5.37. The van der Waals surface area contributed by atoms with Gasteiger partial charge >= 0.3 is 0 Å². The lowest BCUT2D eigenvalue weighted by Crippen LogP contribution is -2.32. The summed E-state index contributed by atoms with van der Waals surface area (Å²) in [5, 5.41) is 0.475. The molecular formula is C14H17ClN2O2. The molecule has 0 saturated carbocycles. The lowest BCUT2D eigenvalue weighted by Gasteiger charge is -2.17. The lowest BCUT2D eigenvalue weighted by atomic mass is 9.98. The normalized spacial score (nSPS) is 22.6. The van der Waals surface area contributed by atoms with E-state index in [9.17, 15) is 9.59 Å². The highest BCUT2D eigenvalue weighted by Gasteiger charge is 2.36. The van der Waals surface area contributed by atoms with Crippen molar-refractivity contribution in [2.45, 2.75) is 13.8 Å². The molecule has 2 amide bonds. The summed E-state index contributed by atoms with van der Waals surface area (Å²) in [5.41, 5.74) is 6.69. The number of rotatable bonds is 2. The van der Waals surface area contributed by atoms with E-state index in [4.69, 9.17) is 17.3 Å². The zero-order valence-corrected chi connectivity index (χ0v) is 11.8. The van der Waals surface area contributed by atoms with E-state index in [1.54, 1.807) is 17.0 Å². The molecule has 5 heteroatoms. The van der Waals surface area contributed by atoms with Crippen molar-refractivity contribution in [3.63, 3.8) is 0 Å². The fraction of sp³-hybridized carbons (Fsp3) is 0.429. The molecule has 0 aromatic heterocycles. The molecule has 1 aromatic carbocycles. The van der Waals surface area contributed by atoms with E-state index in [1.165, 1.54) is 0 Å². The van der Waals surface area contributed by atoms with Gasteiger partial charge in [-0.15, -0.1) is 0 Å². The fourth-order valence-corrected chi connectivity index (χ4v) is 2.69. The second-order valence-electron chi connectivity index (χ2n) is 5.13. The van der Waals surface area contributed by atoms with Gasteiger partial charge in [-0.3, -0.25) is 9.59 Å². The van der Waals surface area contributed by atoms with Crippen LogP contribution in [0.25, 0.3) is 0 Å². The molecule has 0 bridgehead atoms. The Morgan fingerprint density at radius 1 is 1.37 bits per heavy atom. The highest BCUT2D eigenvalue weighted by atomic mass is 35.5. The van der Waals surface area contributed by atoms with Crippen LogP contribution in [0.2, 0.25) is 5.02 Å². The molecule has 19 heavy (non-hydrogen) atoms. The van der Waals surface area contributed by atoms with E-state index in [2.05, 4.69) is 0 Å². The van der Waals surface area contributed by atoms with Crippen LogP contribution in [0.5, 0.6) is 0 Å². The van der Waals surface area contributed by atoms with Crippen molar-refractivity contribution >= 4 is 23.4 Å². The number of benzene rings is 1. The van der Waals surface area contributed by atoms with Crippen LogP contribution in [0.1, 0.15) is 22.8 Å². The first-order chi connectivity index (χ1) is 8.91. The van der Waals surface area contributed by atoms with Crippen molar-refractivity contribution in [2.75, 3.05) is 13.1 Å². The molecule has 2 rings (SSSR count). The first-order valence-corrected chi connectivity index (χ1v) is 6.63. The van der Waals surface area contributed by atoms with Crippen molar-refractivity contribution < 1.29 is 9.59 Å². The summed E-state index contributed by atoms with van der Waals surface area (Å²) in [6.45, 7) is 4.70. The monoisotopic (exact) mass is 280 g/mol. The molecule has 0 spiro atoms. The van der Waals surface area contributed by atoms with Crippen molar-refractivity contribution in [1.82, 2.24) is 4.90 Å². The molecule has 1 fully saturated rings. The van der Waals surface area contributed by atoms with Crippen LogP contribution in [0, 0.1) is 18.8 Å². The maximum absolute atomic E-state index is 12.4. The molecule has 1 aliphatic heterocycles. The van der Waals surface area contributed by atoms with E-state index in [0.29, 0.717) is 23.7 Å². The number of halogens is 1. The van der Waals surface area contributed by atoms with Crippen molar-refractivity contribution in [2.24, 2.45) is 17.6 Å². The van der Waals surface area contributed by atoms with Crippen molar-refractivity contribution in [3.05, 3.63) is 34.3 Å². The van der Waals surface area contributed by atoms with E-state index in [-0.39, 0.29) is 23.7 Å². The quantitative estimate of drug-likeness (QED) is 0.898. The molecule has 1 aromatic rings. The molecule has 4 nitrogen and oxygen atoms in total. The third-order valence-corrected chi connectivity index (χ3v) is 4.19. The molecule has 0 aliphatic carbocycles. The first kappa shape index (κ1) is 13.9. The van der Waals surface area contributed by atoms with Gasteiger partial charge in [0, 0.05) is 13.1 Å². The van der Waals surface area contributed by atoms with Crippen molar-refractivity contribution in [3.8, 4) is 0 Å². The zero-order valence-electron chi connectivity index (χ0n) is 11.0. The van der Waals surface area contributed by atoms with Crippen LogP contribution in [0.4, 0.5) is 0 Å². The van der Waals surface area contributed by atoms with Crippen LogP contribution in [0.15, 0.2) is 18.2 Å². The number of likely N-dealkylation sites (tertiary alicyclic amines) is 1. The molecule has 0 radical (unpaired) electrons. The number of amides is 2. The number of nitrogens with two attached hydrogens (primary N) is 1. The van der Waals surface area contributed by atoms with Gasteiger partial charge in [0.1, 0.15) is 0 Å². The minimum Gasteiger partial charge on any atom is -0.369 e. The predicted octanol–water partition coefficient (Wildman–Crippen LogP) is 1.84. The highest BCUT2D eigenvalue weighted by molar-refractivity contribution is 6.34. The van der Waals surface area contributed by atoms with Crippen LogP contribution >= 0.6 is 11.6 Å². The van der Waals surface area contributed by atoms with E-state index in [1.807, 2.05) is 19.9 Å². The smallest absolute Gasteiger partial charge is 0.255 e. The average Bonchev–Trinajstić information content (AvgIpc) is 2.74. The summed E-state index contributed by atoms with van der Waals surface area (Å²) in [5.74, 6) is -0.667. The molecule has 0 unspecified atom stereocenters. The second kappa shape index (κ2) is 5.21. The Kier molecular flexibility index (Phi) is 3.80. The summed E-state index contributed by atoms with van der Waals surface area (Å²) in [7, 11) is 0. The summed E-state index contributed by atoms with van der Waals surface area (Å²) in [4.78, 5) is 25.4. The van der Waals surface area contributed by atoms with Gasteiger partial charge in [0.25, 0.3) is 5.91 Å². The minimum absolute atomic E-state index is 0.0880. The number of nitrogens with zero attached hydrogens (tertiary/aromatic N) is 1. The van der Waals surface area contributed by atoms with Crippen LogP contribution in [-0.4, -0.2) is 29.8 Å². The number of primary amides is 1. The van der Waals surface area contributed by atoms with Gasteiger partial charge in [0.15, 0.2) is 0 Å². The fourth-order valence-electron chi connectivity index (χ4n) is 2.49. The van der Waals surface area contributed by atoms with Gasteiger partial charge in [0.05, 0.1) is 16.5 Å². The third kappa shape index (κ3) is 2.59. The maximum atomic E-state index is 12.4. The van der Waals surface area contributed by atoms with Gasteiger partial charge in [-0.25, -0.2) is 0 Å². The molecule has 102 valence electrons. The van der Waals surface area contributed by atoms with E-state index in [0.717, 1.165) is 5.56 Å². The molecule has 2 N–H and O–H groups in total. The summed E-state index contributed by atoms with van der Waals surface area (Å²) in [6.07, 6.45) is 0. The number of hydrogen-bond acceptors (Lipinski definition) is 2. The Labute approximate surface area is 117 Å². The van der Waals surface area contributed by atoms with E-state index >= 15 is 0 Å². The summed E-state index contributed by atoms with van der Waals surface area (Å²) >= 11 is 6.16. The number of hydrogen-bond donors (Lipinski definition) is 1. The van der Waals surface area contributed by atoms with Gasteiger partial charge in [-0.05, 0) is 24.5 Å². The van der Waals surface area contributed by atoms with Gasteiger partial charge in [0.2, 0.25) is 5.91 Å². The molecule has 2 atom stereocenters. The molecule has 1 heterocycles. The molecule has 1 saturated heterocycles. The van der Waals surface area contributed by atoms with Crippen molar-refractivity contribution in [1.29, 1.82) is 0 Å². The number of aryl methyl sites for hydroxylation is 1. The van der Waals surface area contributed by atoms with Gasteiger partial charge in [-0.2, -0.15) is 0 Å². The highest BCUT2D eigenvalue weighted by Crippen LogP contribution is 2.27. The largest absolute Gasteiger partial charge is 0.369 e. The third-order valence-electron chi connectivity index (χ3n) is 3.69. The predicted molar refractivity (Wildman–Crippen MR) is 73.9 cm³/mol. The zero-order chi connectivity index (χ0) is 14.2. The maximum Gasteiger partial charge on any atom is 0.255 e. The molecular weight excluding hydrogens is 264 g/mol. The van der Waals surface area contributed by atoms with Gasteiger partial charge < -0.3 is 10.6 Å². The Morgan fingerprint density at radius 3 is 2.63 bits per heavy atom. The lowest BCUT2D eigenvalue weighted by molar-refractivity contribution is -0.122. The van der Waals surface area contributed by atoms with Crippen LogP contribution in [0.3, 0.4) is 0 Å². The van der Waals surface area contributed by atoms with Gasteiger partial charge in [-0.1, -0.05) is 30.7 Å². The number of carbonyl (C=O) groups excluding carboxylic acids is 2. The Balaban J connectivity index is 2.22. The number of carbonyl (C=O) groups is 2. The SMILES string of the molecule is Cc1cccc(C(=O)N2C[C@@H](C)[C@H](C(N)=O)C2)c1Cl. The topological polar surface area (TPSA) is 63.4 Å². The van der Waals surface area contributed by atoms with Crippen LogP contribution < -0.4 is 5.73 Å². The Hall–Kier alpha value is -1.55. The Bertz CT molecular complexity index is 530. The van der Waals surface area contributed by atoms with Crippen LogP contribution in [-0.2, 0) is 4.79 Å². The minimum atomic E-state index is -0.349. The summed E-state index contributed by atoms with van der Waals surface area (Å²) < 4.78 is 0. The second-order valence-corrected chi connectivity index (χ2v) is 5.51. The Morgan fingerprint density at radius 2 is 2.05 bits per heavy atom. The van der Waals surface area contributed by atoms with E-state index < -0.39 is 0 Å². The standard InChI is InChI=1S/C14H17ClN2O2/c1-8-4-3-5-10(12(8)15)14(19)17-6-9(2)11(7-17)13(16)18/h3-5,9,11H,6-7H2,1-2H3,(H2,16,18)/t9-,11-/m1/s1.